The van der Waals surface area contributed by atoms with Crippen LogP contribution in [0.2, 0.25) is 0 Å². The average molecular weight is 300 g/mol. The monoisotopic (exact) mass is 300 g/mol. The lowest BCUT2D eigenvalue weighted by Gasteiger charge is -2.08. The molecule has 0 aromatic carbocycles. The van der Waals surface area contributed by atoms with Crippen LogP contribution in [0.4, 0.5) is 0 Å². The number of unbranched alkanes of at least 4 members (excludes halogenated alkanes) is 2. The summed E-state index contributed by atoms with van der Waals surface area (Å²) < 4.78 is 28.6. The Labute approximate surface area is 110 Å². The fourth-order valence-electron chi connectivity index (χ4n) is 1.02. The molecule has 0 amide bonds. The van der Waals surface area contributed by atoms with Crippen LogP contribution in [0, 0.1) is 0 Å². The highest BCUT2D eigenvalue weighted by atomic mass is 32.3. The standard InChI is InChI=1S/C8H16N2O8S/c9-5-3-1-2-4-7(10)8(12)16-18-19(13,14)17-15-6-11/h6-7H,1-5,9-10H2. The number of nitrogens with two attached hydrogens (primary N) is 2. The van der Waals surface area contributed by atoms with E-state index in [2.05, 4.69) is 18.4 Å². The van der Waals surface area contributed by atoms with Crippen molar-refractivity contribution >= 4 is 22.8 Å². The van der Waals surface area contributed by atoms with Crippen LogP contribution in [0.25, 0.3) is 0 Å². The van der Waals surface area contributed by atoms with Crippen LogP contribution in [0.1, 0.15) is 25.7 Å². The second-order valence-electron chi connectivity index (χ2n) is 3.38. The number of carbonyl (C=O) groups excluding carboxylic acids is 2. The number of carbonyl (C=O) groups is 2. The van der Waals surface area contributed by atoms with E-state index in [9.17, 15) is 18.0 Å². The highest BCUT2D eigenvalue weighted by molar-refractivity contribution is 7.81. The summed E-state index contributed by atoms with van der Waals surface area (Å²) in [6.45, 7) is 0.237. The maximum Gasteiger partial charge on any atom is 0.471 e. The number of hydrogen-bond acceptors (Lipinski definition) is 10. The van der Waals surface area contributed by atoms with Gasteiger partial charge in [-0.3, -0.25) is 14.6 Å². The first kappa shape index (κ1) is 17.7. The fourth-order valence-corrected chi connectivity index (χ4v) is 1.32. The molecule has 0 fully saturated rings. The maximum absolute atomic E-state index is 11.2. The van der Waals surface area contributed by atoms with E-state index in [0.717, 1.165) is 12.8 Å². The van der Waals surface area contributed by atoms with Gasteiger partial charge >= 0.3 is 22.8 Å². The molecule has 0 saturated heterocycles. The first-order chi connectivity index (χ1) is 8.93. The third-order valence-electron chi connectivity index (χ3n) is 1.88. The van der Waals surface area contributed by atoms with Gasteiger partial charge in [-0.2, -0.15) is 8.42 Å². The van der Waals surface area contributed by atoms with E-state index in [4.69, 9.17) is 11.5 Å². The summed E-state index contributed by atoms with van der Waals surface area (Å²) in [5, 5.41) is 0. The van der Waals surface area contributed by atoms with Crippen molar-refractivity contribution in [1.82, 2.24) is 0 Å². The zero-order chi connectivity index (χ0) is 14.7. The summed E-state index contributed by atoms with van der Waals surface area (Å²) in [6.07, 6.45) is 2.50. The minimum atomic E-state index is -4.77. The van der Waals surface area contributed by atoms with E-state index in [0.29, 0.717) is 13.0 Å². The molecule has 0 aliphatic carbocycles. The van der Waals surface area contributed by atoms with Gasteiger partial charge < -0.3 is 11.5 Å². The van der Waals surface area contributed by atoms with Crippen LogP contribution in [-0.4, -0.2) is 33.4 Å². The quantitative estimate of drug-likeness (QED) is 0.202. The van der Waals surface area contributed by atoms with Crippen molar-refractivity contribution in [1.29, 1.82) is 0 Å². The minimum absolute atomic E-state index is 0.286. The topological polar surface area (TPSA) is 157 Å². The molecule has 10 nitrogen and oxygen atoms in total. The smallest absolute Gasteiger partial charge is 0.330 e. The Kier molecular flexibility index (Phi) is 8.99. The molecule has 0 aromatic heterocycles. The van der Waals surface area contributed by atoms with Gasteiger partial charge in [0.05, 0.1) is 0 Å². The van der Waals surface area contributed by atoms with Gasteiger partial charge in [-0.1, -0.05) is 12.8 Å². The highest BCUT2D eigenvalue weighted by Gasteiger charge is 2.22. The van der Waals surface area contributed by atoms with Gasteiger partial charge in [0.2, 0.25) is 0 Å². The lowest BCUT2D eigenvalue weighted by molar-refractivity contribution is -0.239. The Morgan fingerprint density at radius 2 is 1.89 bits per heavy atom. The Morgan fingerprint density at radius 3 is 2.47 bits per heavy atom. The van der Waals surface area contributed by atoms with E-state index in [1.165, 1.54) is 0 Å². The van der Waals surface area contributed by atoms with Crippen LogP contribution in [0.3, 0.4) is 0 Å². The van der Waals surface area contributed by atoms with Gasteiger partial charge in [0.1, 0.15) is 6.04 Å². The molecular weight excluding hydrogens is 284 g/mol. The molecule has 11 heteroatoms. The highest BCUT2D eigenvalue weighted by Crippen LogP contribution is 2.05. The van der Waals surface area contributed by atoms with Gasteiger partial charge in [0, 0.05) is 0 Å². The normalized spacial score (nSPS) is 12.7. The zero-order valence-electron chi connectivity index (χ0n) is 10.0. The van der Waals surface area contributed by atoms with Crippen molar-refractivity contribution in [3.05, 3.63) is 0 Å². The first-order valence-corrected chi connectivity index (χ1v) is 6.65. The Hall–Kier alpha value is -1.27. The SMILES string of the molecule is NCCCCCC(N)C(=O)OOS(=O)(=O)OOC=O. The lowest BCUT2D eigenvalue weighted by atomic mass is 10.1. The molecule has 4 N–H and O–H groups in total. The molecular formula is C8H16N2O8S. The summed E-state index contributed by atoms with van der Waals surface area (Å²) in [5.41, 5.74) is 10.7. The van der Waals surface area contributed by atoms with E-state index in [1.54, 1.807) is 0 Å². The van der Waals surface area contributed by atoms with Crippen LogP contribution < -0.4 is 11.5 Å². The summed E-state index contributed by atoms with van der Waals surface area (Å²) in [7, 11) is -4.77. The van der Waals surface area contributed by atoms with Crippen molar-refractivity contribution in [2.24, 2.45) is 11.5 Å². The zero-order valence-corrected chi connectivity index (χ0v) is 10.8. The summed E-state index contributed by atoms with van der Waals surface area (Å²) in [5.74, 6) is -1.09. The van der Waals surface area contributed by atoms with Crippen LogP contribution in [0.15, 0.2) is 0 Å². The molecule has 0 radical (unpaired) electrons. The molecule has 0 aliphatic rings. The Balaban J connectivity index is 3.92. The van der Waals surface area contributed by atoms with Crippen molar-refractivity contribution in [3.8, 4) is 0 Å². The maximum atomic E-state index is 11.2. The summed E-state index contributed by atoms with van der Waals surface area (Å²) in [4.78, 5) is 28.2. The van der Waals surface area contributed by atoms with Crippen molar-refractivity contribution < 1.29 is 36.4 Å². The molecule has 0 aliphatic heterocycles. The Bertz CT molecular complexity index is 371. The molecule has 0 rings (SSSR count). The van der Waals surface area contributed by atoms with E-state index in [-0.39, 0.29) is 12.9 Å². The van der Waals surface area contributed by atoms with E-state index < -0.39 is 22.4 Å². The van der Waals surface area contributed by atoms with Crippen LogP contribution >= 0.6 is 0 Å². The average Bonchev–Trinajstić information content (AvgIpc) is 2.38. The molecule has 19 heavy (non-hydrogen) atoms. The minimum Gasteiger partial charge on any atom is -0.330 e. The molecule has 0 spiro atoms. The fraction of sp³-hybridized carbons (Fsp3) is 0.750. The van der Waals surface area contributed by atoms with Gasteiger partial charge in [0.25, 0.3) is 0 Å². The number of hydrogen-bond donors (Lipinski definition) is 2. The van der Waals surface area contributed by atoms with Crippen molar-refractivity contribution in [3.63, 3.8) is 0 Å². The van der Waals surface area contributed by atoms with Crippen LogP contribution in [0.5, 0.6) is 0 Å². The lowest BCUT2D eigenvalue weighted by Crippen LogP contribution is -2.33. The molecule has 112 valence electrons. The predicted molar refractivity (Wildman–Crippen MR) is 59.8 cm³/mol. The number of rotatable bonds is 11. The second-order valence-corrected chi connectivity index (χ2v) is 4.47. The van der Waals surface area contributed by atoms with E-state index >= 15 is 0 Å². The van der Waals surface area contributed by atoms with Crippen molar-refractivity contribution in [2.75, 3.05) is 6.54 Å². The Morgan fingerprint density at radius 1 is 1.21 bits per heavy atom. The third kappa shape index (κ3) is 9.32. The third-order valence-corrected chi connectivity index (χ3v) is 2.36. The van der Waals surface area contributed by atoms with Crippen molar-refractivity contribution in [2.45, 2.75) is 31.7 Å². The largest absolute Gasteiger partial charge is 0.471 e. The second kappa shape index (κ2) is 9.63. The predicted octanol–water partition coefficient (Wildman–Crippen LogP) is -1.34. The summed E-state index contributed by atoms with van der Waals surface area (Å²) in [6, 6.07) is -1.04. The molecule has 1 unspecified atom stereocenters. The first-order valence-electron chi connectivity index (χ1n) is 5.32. The van der Waals surface area contributed by atoms with Gasteiger partial charge in [-0.05, 0) is 28.1 Å². The molecule has 0 heterocycles. The van der Waals surface area contributed by atoms with Gasteiger partial charge in [-0.25, -0.2) is 4.79 Å². The van der Waals surface area contributed by atoms with E-state index in [1.807, 2.05) is 0 Å². The molecule has 1 atom stereocenters. The molecule has 0 saturated carbocycles. The van der Waals surface area contributed by atoms with Gasteiger partial charge in [0.15, 0.2) is 0 Å². The van der Waals surface area contributed by atoms with Crippen LogP contribution in [-0.2, 0) is 38.4 Å². The molecule has 0 aromatic rings. The van der Waals surface area contributed by atoms with Gasteiger partial charge in [-0.15, -0.1) is 0 Å². The summed E-state index contributed by atoms with van der Waals surface area (Å²) >= 11 is 0. The molecule has 0 bridgehead atoms.